The molecule has 15 heteroatoms. The Kier molecular flexibility index (Phi) is 13.9. The van der Waals surface area contributed by atoms with Crippen LogP contribution in [0.3, 0.4) is 0 Å². The van der Waals surface area contributed by atoms with Gasteiger partial charge in [-0.3, -0.25) is 14.3 Å². The lowest BCUT2D eigenvalue weighted by molar-refractivity contribution is -0.0511. The Hall–Kier alpha value is -1.23. The molecule has 0 bridgehead atoms. The van der Waals surface area contributed by atoms with E-state index in [9.17, 15) is 9.59 Å². The molecule has 0 amide bonds. The fourth-order valence-electron chi connectivity index (χ4n) is 5.71. The molecule has 2 aromatic carbocycles. The summed E-state index contributed by atoms with van der Waals surface area (Å²) in [6, 6.07) is 10.4. The van der Waals surface area contributed by atoms with Crippen molar-refractivity contribution in [2.75, 3.05) is 6.61 Å². The highest BCUT2D eigenvalue weighted by molar-refractivity contribution is 6.75. The summed E-state index contributed by atoms with van der Waals surface area (Å²) in [6.45, 7) is 33.2. The maximum atomic E-state index is 14.1. The molecule has 55 heavy (non-hydrogen) atoms. The minimum absolute atomic E-state index is 0.0489. The topological polar surface area (TPSA) is 91.8 Å². The van der Waals surface area contributed by atoms with Gasteiger partial charge in [0, 0.05) is 17.7 Å². The maximum Gasteiger partial charge on any atom is 0.330 e. The number of H-pyrrole nitrogens is 1. The quantitative estimate of drug-likeness (QED) is 0.193. The monoisotopic (exact) mass is 888 g/mol. The molecule has 4 rings (SSSR count). The molecule has 1 N–H and O–H groups in total. The fraction of sp³-hybridized carbons (Fsp3) is 0.600. The number of hydrogen-bond donors (Lipinski definition) is 1. The number of aromatic nitrogens is 2. The summed E-state index contributed by atoms with van der Waals surface area (Å²) in [5.74, 6) is -0.724. The van der Waals surface area contributed by atoms with Crippen LogP contribution < -0.4 is 11.2 Å². The van der Waals surface area contributed by atoms with Crippen LogP contribution in [-0.4, -0.2) is 59.4 Å². The van der Waals surface area contributed by atoms with Gasteiger partial charge in [0.05, 0.1) is 26.7 Å². The Morgan fingerprint density at radius 3 is 1.55 bits per heavy atom. The molecule has 8 nitrogen and oxygen atoms in total. The second kappa shape index (κ2) is 16.4. The van der Waals surface area contributed by atoms with E-state index < -0.39 is 66.7 Å². The molecule has 1 saturated heterocycles. The van der Waals surface area contributed by atoms with Crippen LogP contribution in [0.25, 0.3) is 0 Å². The number of nitrogens with one attached hydrogen (secondary N) is 1. The number of rotatable bonds is 11. The number of hydrogen-bond acceptors (Lipinski definition) is 6. The number of aromatic amines is 1. The zero-order chi connectivity index (χ0) is 41.9. The van der Waals surface area contributed by atoms with E-state index in [4.69, 9.17) is 64.4 Å². The van der Waals surface area contributed by atoms with Crippen LogP contribution in [0, 0.1) is 0 Å². The first-order valence-corrected chi connectivity index (χ1v) is 29.0. The zero-order valence-corrected chi connectivity index (χ0v) is 41.1. The molecule has 1 aromatic heterocycles. The minimum Gasteiger partial charge on any atom is -0.414 e. The second-order valence-corrected chi connectivity index (χ2v) is 35.3. The van der Waals surface area contributed by atoms with Gasteiger partial charge in [-0.2, -0.15) is 0 Å². The van der Waals surface area contributed by atoms with Gasteiger partial charge in [0.15, 0.2) is 31.2 Å². The van der Waals surface area contributed by atoms with E-state index >= 15 is 0 Å². The number of ether oxygens (including phenoxy) is 1. The molecule has 306 valence electrons. The van der Waals surface area contributed by atoms with Crippen molar-refractivity contribution in [3.63, 3.8) is 0 Å². The molecule has 0 unspecified atom stereocenters. The number of benzene rings is 2. The van der Waals surface area contributed by atoms with Gasteiger partial charge >= 0.3 is 5.69 Å². The van der Waals surface area contributed by atoms with Crippen LogP contribution in [0.1, 0.15) is 91.1 Å². The van der Waals surface area contributed by atoms with E-state index in [0.717, 1.165) is 0 Å². The predicted molar refractivity (Wildman–Crippen MR) is 236 cm³/mol. The van der Waals surface area contributed by atoms with E-state index in [-0.39, 0.29) is 27.3 Å². The van der Waals surface area contributed by atoms with Crippen LogP contribution in [0.5, 0.6) is 0 Å². The van der Waals surface area contributed by atoms with Crippen LogP contribution in [0.4, 0.5) is 0 Å². The molecule has 0 saturated carbocycles. The van der Waals surface area contributed by atoms with Crippen molar-refractivity contribution in [2.24, 2.45) is 0 Å². The largest absolute Gasteiger partial charge is 0.414 e. The van der Waals surface area contributed by atoms with Crippen molar-refractivity contribution >= 4 is 71.4 Å². The summed E-state index contributed by atoms with van der Waals surface area (Å²) in [5.41, 5.74) is 0.361. The highest BCUT2D eigenvalue weighted by Gasteiger charge is 2.55. The first-order valence-electron chi connectivity index (χ1n) is 18.8. The Balaban J connectivity index is 1.99. The fourth-order valence-corrected chi connectivity index (χ4v) is 9.94. The molecule has 1 aliphatic rings. The van der Waals surface area contributed by atoms with Gasteiger partial charge in [0.1, 0.15) is 18.3 Å². The Labute approximate surface area is 350 Å². The molecule has 2 heterocycles. The van der Waals surface area contributed by atoms with Gasteiger partial charge in [0.2, 0.25) is 0 Å². The number of halogens is 4. The van der Waals surface area contributed by atoms with Gasteiger partial charge < -0.3 is 18.0 Å². The lowest BCUT2D eigenvalue weighted by Crippen LogP contribution is -2.55. The molecule has 3 aromatic rings. The molecule has 1 fully saturated rings. The highest BCUT2D eigenvalue weighted by Crippen LogP contribution is 2.47. The van der Waals surface area contributed by atoms with Crippen molar-refractivity contribution in [3.8, 4) is 0 Å². The standard InChI is InChI=1S/C40H60Cl4N2O6Si3/c1-38(2,3)53(10,11)49-23-31-33(51-54(12,13)39(4,5)6)34(52-55(14,15)40(7,8)9)36(50-31)46-22-26(35(47)45-37(46)48)32(24-16-18-27(41)29(43)20-24)25-17-19-28(42)30(44)21-25/h16-22,31-34,36H,23H2,1-15H3,(H,45,47,48)/t31-,33-,34-,36-/m1/s1. The van der Waals surface area contributed by atoms with E-state index in [1.54, 1.807) is 42.6 Å². The molecule has 4 atom stereocenters. The third kappa shape index (κ3) is 10.1. The molecule has 0 spiro atoms. The van der Waals surface area contributed by atoms with E-state index in [1.165, 1.54) is 4.57 Å². The summed E-state index contributed by atoms with van der Waals surface area (Å²) in [6.07, 6.45) is -1.26. The van der Waals surface area contributed by atoms with E-state index in [2.05, 4.69) is 107 Å². The molecule has 0 aliphatic carbocycles. The third-order valence-corrected chi connectivity index (χ3v) is 27.2. The van der Waals surface area contributed by atoms with Crippen molar-refractivity contribution in [1.29, 1.82) is 0 Å². The van der Waals surface area contributed by atoms with Gasteiger partial charge in [0.25, 0.3) is 5.56 Å². The first-order chi connectivity index (χ1) is 24.9. The van der Waals surface area contributed by atoms with Crippen LogP contribution in [0.2, 0.25) is 74.5 Å². The Bertz CT molecular complexity index is 1930. The summed E-state index contributed by atoms with van der Waals surface area (Å²) in [5, 5.41) is 0.987. The SMILES string of the molecule is CC(C)(C)[Si](C)(C)OC[C@H]1O[C@@H](n2cc(C(c3ccc(Cl)c(Cl)c3)c3ccc(Cl)c(Cl)c3)c(=O)[nH]c2=O)[C@H](O[Si](C)(C)C(C)(C)C)[C@@H]1O[Si](C)(C)C(C)(C)C. The minimum atomic E-state index is -2.54. The molecular formula is C40H60Cl4N2O6Si3. The van der Waals surface area contributed by atoms with Crippen LogP contribution >= 0.6 is 46.4 Å². The second-order valence-electron chi connectivity index (χ2n) is 19.4. The molecular weight excluding hydrogens is 831 g/mol. The number of nitrogens with zero attached hydrogens (tertiary/aromatic N) is 1. The average molecular weight is 891 g/mol. The smallest absolute Gasteiger partial charge is 0.330 e. The van der Waals surface area contributed by atoms with Gasteiger partial charge in [-0.05, 0) is 89.8 Å². The summed E-state index contributed by atoms with van der Waals surface area (Å²) >= 11 is 25.8. The first kappa shape index (κ1) is 46.5. The van der Waals surface area contributed by atoms with Gasteiger partial charge in [-0.25, -0.2) is 4.79 Å². The molecule has 1 aliphatic heterocycles. The highest BCUT2D eigenvalue weighted by atomic mass is 35.5. The predicted octanol–water partition coefficient (Wildman–Crippen LogP) is 12.0. The summed E-state index contributed by atoms with van der Waals surface area (Å²) < 4.78 is 29.8. The lowest BCUT2D eigenvalue weighted by Gasteiger charge is -2.44. The van der Waals surface area contributed by atoms with E-state index in [1.807, 2.05) is 0 Å². The van der Waals surface area contributed by atoms with Gasteiger partial charge in [-0.1, -0.05) is 121 Å². The average Bonchev–Trinajstić information content (AvgIpc) is 3.34. The Morgan fingerprint density at radius 2 is 1.13 bits per heavy atom. The van der Waals surface area contributed by atoms with Gasteiger partial charge in [-0.15, -0.1) is 0 Å². The van der Waals surface area contributed by atoms with Crippen molar-refractivity contribution < 1.29 is 18.0 Å². The van der Waals surface area contributed by atoms with E-state index in [0.29, 0.717) is 31.2 Å². The zero-order valence-electron chi connectivity index (χ0n) is 35.0. The maximum absolute atomic E-state index is 14.1. The van der Waals surface area contributed by atoms with Crippen molar-refractivity contribution in [1.82, 2.24) is 9.55 Å². The third-order valence-electron chi connectivity index (χ3n) is 12.3. The normalized spacial score (nSPS) is 20.4. The Morgan fingerprint density at radius 1 is 0.691 bits per heavy atom. The van der Waals surface area contributed by atoms with Crippen molar-refractivity contribution in [2.45, 2.75) is 147 Å². The lowest BCUT2D eigenvalue weighted by atomic mass is 9.86. The summed E-state index contributed by atoms with van der Waals surface area (Å²) in [4.78, 5) is 30.7. The van der Waals surface area contributed by atoms with Crippen LogP contribution in [0.15, 0.2) is 52.2 Å². The van der Waals surface area contributed by atoms with Crippen molar-refractivity contribution in [3.05, 3.63) is 100 Å². The van der Waals surface area contributed by atoms with Crippen LogP contribution in [-0.2, 0) is 18.0 Å². The summed E-state index contributed by atoms with van der Waals surface area (Å²) in [7, 11) is -7.24. The molecule has 0 radical (unpaired) electrons.